The van der Waals surface area contributed by atoms with E-state index >= 15 is 0 Å². The van der Waals surface area contributed by atoms with Crippen molar-refractivity contribution in [2.75, 3.05) is 7.11 Å². The number of hydrogen-bond donors (Lipinski definition) is 3. The molecular formula is C15H16N2O3. The number of benzene rings is 1. The number of carboxylic acid groups (broad SMARTS) is 1. The monoisotopic (exact) mass is 272 g/mol. The Morgan fingerprint density at radius 1 is 1.40 bits per heavy atom. The Bertz CT molecular complexity index is 605. The SMILES string of the molecule is COC1(C(=N)N)C=CC(C(=O)O)=C(c2ccccc2)C1. The molecule has 0 aromatic heterocycles. The Morgan fingerprint density at radius 3 is 2.55 bits per heavy atom. The van der Waals surface area contributed by atoms with Crippen molar-refractivity contribution in [3.05, 3.63) is 53.6 Å². The molecule has 1 aliphatic carbocycles. The third kappa shape index (κ3) is 2.35. The highest BCUT2D eigenvalue weighted by Crippen LogP contribution is 2.35. The Kier molecular flexibility index (Phi) is 3.72. The van der Waals surface area contributed by atoms with Crippen molar-refractivity contribution in [1.82, 2.24) is 0 Å². The van der Waals surface area contributed by atoms with Crippen molar-refractivity contribution in [3.8, 4) is 0 Å². The predicted octanol–water partition coefficient (Wildman–Crippen LogP) is 1.81. The number of carboxylic acids is 1. The van der Waals surface area contributed by atoms with E-state index in [2.05, 4.69) is 0 Å². The van der Waals surface area contributed by atoms with Gasteiger partial charge in [-0.05, 0) is 23.3 Å². The highest BCUT2D eigenvalue weighted by molar-refractivity contribution is 6.03. The summed E-state index contributed by atoms with van der Waals surface area (Å²) in [4.78, 5) is 11.4. The zero-order valence-electron chi connectivity index (χ0n) is 11.1. The first-order chi connectivity index (χ1) is 9.50. The van der Waals surface area contributed by atoms with Crippen LogP contribution in [-0.2, 0) is 9.53 Å². The van der Waals surface area contributed by atoms with Crippen molar-refractivity contribution >= 4 is 17.4 Å². The van der Waals surface area contributed by atoms with Gasteiger partial charge in [-0.2, -0.15) is 0 Å². The molecule has 0 spiro atoms. The van der Waals surface area contributed by atoms with Crippen LogP contribution in [-0.4, -0.2) is 29.6 Å². The Morgan fingerprint density at radius 2 is 2.05 bits per heavy atom. The molecule has 1 aromatic carbocycles. The lowest BCUT2D eigenvalue weighted by atomic mass is 9.82. The van der Waals surface area contributed by atoms with Gasteiger partial charge in [-0.25, -0.2) is 4.79 Å². The maximum absolute atomic E-state index is 11.4. The molecule has 0 bridgehead atoms. The molecule has 0 aliphatic heterocycles. The first kappa shape index (κ1) is 14.0. The Balaban J connectivity index is 2.55. The maximum atomic E-state index is 11.4. The van der Waals surface area contributed by atoms with Crippen molar-refractivity contribution in [1.29, 1.82) is 5.41 Å². The van der Waals surface area contributed by atoms with Crippen LogP contribution in [0.15, 0.2) is 48.1 Å². The Labute approximate surface area is 116 Å². The summed E-state index contributed by atoms with van der Waals surface area (Å²) in [5.74, 6) is -1.15. The molecule has 1 aliphatic rings. The molecule has 0 radical (unpaired) electrons. The molecule has 5 heteroatoms. The molecule has 5 nitrogen and oxygen atoms in total. The van der Waals surface area contributed by atoms with E-state index in [1.165, 1.54) is 19.3 Å². The minimum absolute atomic E-state index is 0.144. The number of carbonyl (C=O) groups is 1. The van der Waals surface area contributed by atoms with Gasteiger partial charge in [0.25, 0.3) is 0 Å². The second kappa shape index (κ2) is 5.30. The average molecular weight is 272 g/mol. The van der Waals surface area contributed by atoms with Crippen molar-refractivity contribution in [3.63, 3.8) is 0 Å². The van der Waals surface area contributed by atoms with Gasteiger partial charge in [-0.3, -0.25) is 5.41 Å². The lowest BCUT2D eigenvalue weighted by Gasteiger charge is -2.32. The van der Waals surface area contributed by atoms with Gasteiger partial charge in [0.05, 0.1) is 5.57 Å². The fraction of sp³-hybridized carbons (Fsp3) is 0.200. The fourth-order valence-electron chi connectivity index (χ4n) is 2.27. The number of nitrogens with two attached hydrogens (primary N) is 1. The molecule has 4 N–H and O–H groups in total. The zero-order valence-corrected chi connectivity index (χ0v) is 11.1. The highest BCUT2D eigenvalue weighted by Gasteiger charge is 2.36. The van der Waals surface area contributed by atoms with Crippen molar-refractivity contribution < 1.29 is 14.6 Å². The van der Waals surface area contributed by atoms with Crippen LogP contribution in [0.25, 0.3) is 5.57 Å². The summed E-state index contributed by atoms with van der Waals surface area (Å²) in [6.07, 6.45) is 3.21. The van der Waals surface area contributed by atoms with Crippen LogP contribution >= 0.6 is 0 Å². The highest BCUT2D eigenvalue weighted by atomic mass is 16.5. The van der Waals surface area contributed by atoms with E-state index in [-0.39, 0.29) is 17.8 Å². The molecule has 1 atom stereocenters. The third-order valence-electron chi connectivity index (χ3n) is 3.46. The van der Waals surface area contributed by atoms with E-state index in [0.717, 1.165) is 5.56 Å². The molecule has 20 heavy (non-hydrogen) atoms. The van der Waals surface area contributed by atoms with E-state index in [0.29, 0.717) is 5.57 Å². The summed E-state index contributed by atoms with van der Waals surface area (Å²) in [5, 5.41) is 17.0. The average Bonchev–Trinajstić information content (AvgIpc) is 2.47. The van der Waals surface area contributed by atoms with Crippen LogP contribution in [0.5, 0.6) is 0 Å². The van der Waals surface area contributed by atoms with Crippen LogP contribution in [0.4, 0.5) is 0 Å². The quantitative estimate of drug-likeness (QED) is 0.575. The topological polar surface area (TPSA) is 96.4 Å². The summed E-state index contributed by atoms with van der Waals surface area (Å²) >= 11 is 0. The molecule has 0 saturated carbocycles. The van der Waals surface area contributed by atoms with Crippen LogP contribution in [0.2, 0.25) is 0 Å². The summed E-state index contributed by atoms with van der Waals surface area (Å²) in [7, 11) is 1.46. The molecule has 0 fully saturated rings. The molecule has 0 heterocycles. The number of methoxy groups -OCH3 is 1. The Hall–Kier alpha value is -2.40. The van der Waals surface area contributed by atoms with Gasteiger partial charge in [0, 0.05) is 13.5 Å². The number of amidine groups is 1. The van der Waals surface area contributed by atoms with E-state index < -0.39 is 11.6 Å². The molecule has 0 saturated heterocycles. The van der Waals surface area contributed by atoms with Crippen molar-refractivity contribution in [2.24, 2.45) is 5.73 Å². The van der Waals surface area contributed by atoms with Crippen LogP contribution in [0, 0.1) is 5.41 Å². The first-order valence-electron chi connectivity index (χ1n) is 6.11. The second-order valence-corrected chi connectivity index (χ2v) is 4.58. The first-order valence-corrected chi connectivity index (χ1v) is 6.11. The van der Waals surface area contributed by atoms with Gasteiger partial charge in [-0.1, -0.05) is 30.3 Å². The van der Waals surface area contributed by atoms with Gasteiger partial charge < -0.3 is 15.6 Å². The van der Waals surface area contributed by atoms with Gasteiger partial charge >= 0.3 is 5.97 Å². The lowest BCUT2D eigenvalue weighted by Crippen LogP contribution is -2.45. The molecule has 0 amide bonds. The normalized spacial score (nSPS) is 21.9. The molecule has 104 valence electrons. The molecule has 1 unspecified atom stereocenters. The number of nitrogens with one attached hydrogen (secondary N) is 1. The molecule has 2 rings (SSSR count). The smallest absolute Gasteiger partial charge is 0.335 e. The van der Waals surface area contributed by atoms with Crippen LogP contribution < -0.4 is 5.73 Å². The minimum Gasteiger partial charge on any atom is -0.478 e. The zero-order chi connectivity index (χ0) is 14.8. The predicted molar refractivity (Wildman–Crippen MR) is 76.4 cm³/mol. The van der Waals surface area contributed by atoms with E-state index in [9.17, 15) is 9.90 Å². The number of rotatable bonds is 4. The summed E-state index contributed by atoms with van der Waals surface area (Å²) in [5.41, 5.74) is 6.13. The maximum Gasteiger partial charge on any atom is 0.335 e. The standard InChI is InChI=1S/C15H16N2O3/c1-20-15(14(16)17)8-7-11(13(18)19)12(9-15)10-5-3-2-4-6-10/h2-8H,9H2,1H3,(H3,16,17)(H,18,19). The van der Waals surface area contributed by atoms with Gasteiger partial charge in [0.2, 0.25) is 0 Å². The number of aliphatic carboxylic acids is 1. The second-order valence-electron chi connectivity index (χ2n) is 4.58. The fourth-order valence-corrected chi connectivity index (χ4v) is 2.27. The summed E-state index contributed by atoms with van der Waals surface area (Å²) in [6, 6.07) is 9.19. The van der Waals surface area contributed by atoms with Gasteiger partial charge in [0.1, 0.15) is 11.4 Å². The van der Waals surface area contributed by atoms with Gasteiger partial charge in [0.15, 0.2) is 0 Å². The number of hydrogen-bond acceptors (Lipinski definition) is 3. The lowest BCUT2D eigenvalue weighted by molar-refractivity contribution is -0.132. The van der Waals surface area contributed by atoms with E-state index in [1.54, 1.807) is 0 Å². The molecular weight excluding hydrogens is 256 g/mol. The summed E-state index contributed by atoms with van der Waals surface area (Å²) in [6.45, 7) is 0. The van der Waals surface area contributed by atoms with Crippen molar-refractivity contribution in [2.45, 2.75) is 12.0 Å². The third-order valence-corrected chi connectivity index (χ3v) is 3.46. The number of ether oxygens (including phenoxy) is 1. The van der Waals surface area contributed by atoms with Crippen LogP contribution in [0.1, 0.15) is 12.0 Å². The van der Waals surface area contributed by atoms with Gasteiger partial charge in [-0.15, -0.1) is 0 Å². The summed E-state index contributed by atoms with van der Waals surface area (Å²) < 4.78 is 5.36. The largest absolute Gasteiger partial charge is 0.478 e. The minimum atomic E-state index is -1.08. The van der Waals surface area contributed by atoms with E-state index in [4.69, 9.17) is 15.9 Å². The van der Waals surface area contributed by atoms with E-state index in [1.807, 2.05) is 30.3 Å². The van der Waals surface area contributed by atoms with Crippen LogP contribution in [0.3, 0.4) is 0 Å². The molecule has 1 aromatic rings.